The zero-order chi connectivity index (χ0) is 16.4. The summed E-state index contributed by atoms with van der Waals surface area (Å²) in [4.78, 5) is 26.4. The third kappa shape index (κ3) is 2.94. The van der Waals surface area contributed by atoms with Gasteiger partial charge in [0.05, 0.1) is 24.9 Å². The fourth-order valence-electron chi connectivity index (χ4n) is 3.34. The summed E-state index contributed by atoms with van der Waals surface area (Å²) in [5.74, 6) is 0.829. The van der Waals surface area contributed by atoms with Crippen LogP contribution < -0.4 is 4.74 Å². The fraction of sp³-hybridized carbons (Fsp3) is 0.412. The summed E-state index contributed by atoms with van der Waals surface area (Å²) >= 11 is 0. The second-order valence-electron chi connectivity index (χ2n) is 6.18. The number of rotatable bonds is 3. The predicted octanol–water partition coefficient (Wildman–Crippen LogP) is 1.32. The molecule has 4 heterocycles. The topological polar surface area (TPSA) is 77.4 Å². The fourth-order valence-corrected chi connectivity index (χ4v) is 3.34. The van der Waals surface area contributed by atoms with Crippen molar-refractivity contribution >= 4 is 5.91 Å². The number of carbonyl (C=O) groups excluding carboxylic acids is 1. The zero-order valence-electron chi connectivity index (χ0n) is 13.2. The Morgan fingerprint density at radius 2 is 2.17 bits per heavy atom. The van der Waals surface area contributed by atoms with Gasteiger partial charge in [0, 0.05) is 31.6 Å². The van der Waals surface area contributed by atoms with Crippen molar-refractivity contribution in [3.05, 3.63) is 48.8 Å². The van der Waals surface area contributed by atoms with Gasteiger partial charge in [-0.15, -0.1) is 0 Å². The number of amides is 1. The smallest absolute Gasteiger partial charge is 0.291 e. The molecule has 2 atom stereocenters. The quantitative estimate of drug-likeness (QED) is 0.847. The van der Waals surface area contributed by atoms with E-state index in [2.05, 4.69) is 15.0 Å². The minimum atomic E-state index is -0.322. The predicted molar refractivity (Wildman–Crippen MR) is 84.5 cm³/mol. The Hall–Kier alpha value is -2.54. The van der Waals surface area contributed by atoms with E-state index >= 15 is 0 Å². The molecular formula is C17H18N4O3. The molecule has 24 heavy (non-hydrogen) atoms. The Kier molecular flexibility index (Phi) is 3.86. The Balaban J connectivity index is 1.39. The molecule has 2 saturated heterocycles. The number of hydrogen-bond acceptors (Lipinski definition) is 6. The Morgan fingerprint density at radius 1 is 1.29 bits per heavy atom. The maximum atomic E-state index is 12.5. The lowest BCUT2D eigenvalue weighted by Crippen LogP contribution is -2.36. The number of hydrogen-bond donors (Lipinski definition) is 0. The van der Waals surface area contributed by atoms with E-state index in [0.717, 1.165) is 18.6 Å². The maximum absolute atomic E-state index is 12.5. The molecule has 0 aliphatic carbocycles. The van der Waals surface area contributed by atoms with Crippen LogP contribution in [0, 0.1) is 0 Å². The first-order valence-electron chi connectivity index (χ1n) is 8.01. The lowest BCUT2D eigenvalue weighted by atomic mass is 9.98. The van der Waals surface area contributed by atoms with Crippen molar-refractivity contribution in [1.29, 1.82) is 0 Å². The van der Waals surface area contributed by atoms with Crippen LogP contribution >= 0.6 is 0 Å². The molecule has 124 valence electrons. The minimum absolute atomic E-state index is 0.0165. The van der Waals surface area contributed by atoms with Gasteiger partial charge in [0.2, 0.25) is 5.82 Å². The summed E-state index contributed by atoms with van der Waals surface area (Å²) < 4.78 is 11.9. The molecule has 7 nitrogen and oxygen atoms in total. The van der Waals surface area contributed by atoms with Crippen LogP contribution in [-0.2, 0) is 4.74 Å². The van der Waals surface area contributed by atoms with Gasteiger partial charge in [0.25, 0.3) is 5.91 Å². The van der Waals surface area contributed by atoms with Crippen molar-refractivity contribution in [2.45, 2.75) is 24.5 Å². The summed E-state index contributed by atoms with van der Waals surface area (Å²) in [5.41, 5.74) is -0.322. The number of carbonyl (C=O) groups is 1. The van der Waals surface area contributed by atoms with Gasteiger partial charge in [-0.3, -0.25) is 9.78 Å². The van der Waals surface area contributed by atoms with Crippen molar-refractivity contribution in [2.75, 3.05) is 19.7 Å². The van der Waals surface area contributed by atoms with Crippen molar-refractivity contribution in [3.63, 3.8) is 0 Å². The number of nitrogens with zero attached hydrogens (tertiary/aromatic N) is 4. The number of pyridine rings is 1. The molecule has 0 unspecified atom stereocenters. The van der Waals surface area contributed by atoms with Gasteiger partial charge in [0.1, 0.15) is 11.9 Å². The Bertz CT molecular complexity index is 712. The van der Waals surface area contributed by atoms with Gasteiger partial charge >= 0.3 is 0 Å². The third-order valence-electron chi connectivity index (χ3n) is 4.47. The monoisotopic (exact) mass is 326 g/mol. The van der Waals surface area contributed by atoms with Crippen LogP contribution in [0.15, 0.2) is 43.0 Å². The van der Waals surface area contributed by atoms with Crippen molar-refractivity contribution < 1.29 is 14.3 Å². The first-order valence-corrected chi connectivity index (χ1v) is 8.01. The molecule has 0 aromatic carbocycles. The molecule has 0 radical (unpaired) electrons. The summed E-state index contributed by atoms with van der Waals surface area (Å²) in [5, 5.41) is 0. The molecule has 2 aliphatic rings. The molecule has 7 heteroatoms. The van der Waals surface area contributed by atoms with Gasteiger partial charge in [-0.2, -0.15) is 0 Å². The van der Waals surface area contributed by atoms with E-state index in [1.807, 2.05) is 12.1 Å². The second-order valence-corrected chi connectivity index (χ2v) is 6.18. The summed E-state index contributed by atoms with van der Waals surface area (Å²) in [6.07, 6.45) is 8.12. The molecule has 1 spiro atoms. The van der Waals surface area contributed by atoms with Gasteiger partial charge in [0.15, 0.2) is 0 Å². The van der Waals surface area contributed by atoms with Crippen LogP contribution in [0.5, 0.6) is 5.75 Å². The lowest BCUT2D eigenvalue weighted by Gasteiger charge is -2.23. The van der Waals surface area contributed by atoms with E-state index in [1.54, 1.807) is 35.8 Å². The summed E-state index contributed by atoms with van der Waals surface area (Å²) in [7, 11) is 0. The Morgan fingerprint density at radius 3 is 2.96 bits per heavy atom. The van der Waals surface area contributed by atoms with E-state index in [4.69, 9.17) is 9.47 Å². The molecular weight excluding hydrogens is 308 g/mol. The highest BCUT2D eigenvalue weighted by Gasteiger charge is 2.48. The Labute approximate surface area is 139 Å². The van der Waals surface area contributed by atoms with Crippen LogP contribution in [0.25, 0.3) is 0 Å². The molecule has 2 aliphatic heterocycles. The number of aromatic nitrogens is 3. The number of ether oxygens (including phenoxy) is 2. The molecule has 0 saturated carbocycles. The van der Waals surface area contributed by atoms with Crippen LogP contribution in [0.1, 0.15) is 23.5 Å². The van der Waals surface area contributed by atoms with Crippen LogP contribution in [0.3, 0.4) is 0 Å². The van der Waals surface area contributed by atoms with E-state index in [1.165, 1.54) is 0 Å². The van der Waals surface area contributed by atoms with Gasteiger partial charge in [-0.25, -0.2) is 9.97 Å². The van der Waals surface area contributed by atoms with Crippen LogP contribution in [-0.4, -0.2) is 57.2 Å². The third-order valence-corrected chi connectivity index (χ3v) is 4.47. The molecule has 2 fully saturated rings. The van der Waals surface area contributed by atoms with E-state index in [-0.39, 0.29) is 23.4 Å². The first-order chi connectivity index (χ1) is 11.7. The van der Waals surface area contributed by atoms with Gasteiger partial charge < -0.3 is 14.4 Å². The van der Waals surface area contributed by atoms with Crippen molar-refractivity contribution in [3.8, 4) is 5.75 Å². The highest BCUT2D eigenvalue weighted by molar-refractivity contribution is 5.90. The second kappa shape index (κ2) is 6.16. The first kappa shape index (κ1) is 15.0. The number of likely N-dealkylation sites (tertiary alicyclic amines) is 1. The lowest BCUT2D eigenvalue weighted by molar-refractivity contribution is 0.00982. The van der Waals surface area contributed by atoms with E-state index in [0.29, 0.717) is 19.7 Å². The molecule has 2 aromatic heterocycles. The van der Waals surface area contributed by atoms with E-state index in [9.17, 15) is 4.79 Å². The zero-order valence-corrected chi connectivity index (χ0v) is 13.2. The van der Waals surface area contributed by atoms with E-state index < -0.39 is 0 Å². The van der Waals surface area contributed by atoms with Gasteiger partial charge in [-0.1, -0.05) is 0 Å². The highest BCUT2D eigenvalue weighted by Crippen LogP contribution is 2.36. The summed E-state index contributed by atoms with van der Waals surface area (Å²) in [6, 6.07) is 5.43. The van der Waals surface area contributed by atoms with Crippen LogP contribution in [0.2, 0.25) is 0 Å². The molecule has 0 bridgehead atoms. The summed E-state index contributed by atoms with van der Waals surface area (Å²) in [6.45, 7) is 1.73. The molecule has 4 rings (SSSR count). The molecule has 1 amide bonds. The average molecular weight is 326 g/mol. The van der Waals surface area contributed by atoms with Crippen molar-refractivity contribution in [2.24, 2.45) is 0 Å². The SMILES string of the molecule is O=C(c1ncccn1)N1CC[C@]2(C[C@H](Oc3cccnc3)CO2)C1. The standard InChI is InChI=1S/C17H18N4O3/c22-16(15-19-6-2-7-20-15)21-8-4-17(12-21)9-14(11-23-17)24-13-3-1-5-18-10-13/h1-3,5-7,10,14H,4,8-9,11-12H2/t14-,17-/m0/s1. The highest BCUT2D eigenvalue weighted by atomic mass is 16.6. The van der Waals surface area contributed by atoms with Crippen LogP contribution in [0.4, 0.5) is 0 Å². The van der Waals surface area contributed by atoms with Gasteiger partial charge in [-0.05, 0) is 24.6 Å². The average Bonchev–Trinajstić information content (AvgIpc) is 3.23. The largest absolute Gasteiger partial charge is 0.486 e. The maximum Gasteiger partial charge on any atom is 0.291 e. The van der Waals surface area contributed by atoms with Crippen molar-refractivity contribution in [1.82, 2.24) is 19.9 Å². The normalized spacial score (nSPS) is 26.0. The molecule has 0 N–H and O–H groups in total. The molecule has 2 aromatic rings. The minimum Gasteiger partial charge on any atom is -0.486 e.